The van der Waals surface area contributed by atoms with Crippen LogP contribution in [0.3, 0.4) is 0 Å². The van der Waals surface area contributed by atoms with Gasteiger partial charge >= 0.3 is 153 Å². The average Bonchev–Trinajstić information content (AvgIpc) is 3.20. The monoisotopic (exact) mass is 405 g/mol. The predicted octanol–water partition coefficient (Wildman–Crippen LogP) is 7.36. The molecule has 127 valence electrons. The van der Waals surface area contributed by atoms with Gasteiger partial charge in [0.05, 0.1) is 0 Å². The van der Waals surface area contributed by atoms with Gasteiger partial charge in [0.15, 0.2) is 0 Å². The SMILES string of the molecule is [CH3][Zr]([CH3])([C]1=CC=CC1)([CH]1CCC1)[CH]1c2ccccc2-c2ccccc21. The van der Waals surface area contributed by atoms with Gasteiger partial charge in [0.25, 0.3) is 0 Å². The maximum absolute atomic E-state index is 3.24. The van der Waals surface area contributed by atoms with E-state index in [-0.39, 0.29) is 0 Å². The van der Waals surface area contributed by atoms with Crippen LogP contribution < -0.4 is 0 Å². The number of fused-ring (bicyclic) bond motifs is 3. The van der Waals surface area contributed by atoms with E-state index < -0.39 is 18.8 Å². The summed E-state index contributed by atoms with van der Waals surface area (Å²) >= 11 is -3.24. The molecule has 1 fully saturated rings. The summed E-state index contributed by atoms with van der Waals surface area (Å²) < 4.78 is 9.03. The molecule has 0 N–H and O–H groups in total. The third kappa shape index (κ3) is 2.03. The summed E-state index contributed by atoms with van der Waals surface area (Å²) in [6, 6.07) is 18.5. The Morgan fingerprint density at radius 3 is 1.92 bits per heavy atom. The molecule has 0 heterocycles. The van der Waals surface area contributed by atoms with Crippen molar-refractivity contribution in [3.05, 3.63) is 81.2 Å². The molecule has 0 radical (unpaired) electrons. The Morgan fingerprint density at radius 1 is 0.840 bits per heavy atom. The third-order valence-electron chi connectivity index (χ3n) is 7.87. The van der Waals surface area contributed by atoms with E-state index >= 15 is 0 Å². The van der Waals surface area contributed by atoms with Gasteiger partial charge < -0.3 is 0 Å². The first-order valence-electron chi connectivity index (χ1n) is 9.84. The quantitative estimate of drug-likeness (QED) is 0.499. The van der Waals surface area contributed by atoms with Gasteiger partial charge in [-0.05, 0) is 0 Å². The Labute approximate surface area is 152 Å². The summed E-state index contributed by atoms with van der Waals surface area (Å²) in [7, 11) is 0. The number of hydrogen-bond acceptors (Lipinski definition) is 0. The average molecular weight is 407 g/mol. The van der Waals surface area contributed by atoms with E-state index in [4.69, 9.17) is 0 Å². The van der Waals surface area contributed by atoms with E-state index in [1.54, 1.807) is 11.1 Å². The molecule has 0 unspecified atom stereocenters. The predicted molar refractivity (Wildman–Crippen MR) is 105 cm³/mol. The zero-order chi connectivity index (χ0) is 17.1. The van der Waals surface area contributed by atoms with Crippen molar-refractivity contribution < 1.29 is 18.8 Å². The minimum absolute atomic E-state index is 0.658. The first kappa shape index (κ1) is 16.0. The van der Waals surface area contributed by atoms with Gasteiger partial charge in [0, 0.05) is 0 Å². The molecule has 2 aromatic carbocycles. The van der Waals surface area contributed by atoms with E-state index in [2.05, 4.69) is 76.0 Å². The van der Waals surface area contributed by atoms with Crippen LogP contribution >= 0.6 is 0 Å². The summed E-state index contributed by atoms with van der Waals surface area (Å²) in [6.45, 7) is 0. The van der Waals surface area contributed by atoms with E-state index in [1.807, 2.05) is 3.28 Å². The fraction of sp³-hybridized carbons (Fsp3) is 0.333. The molecular weight excluding hydrogens is 379 g/mol. The van der Waals surface area contributed by atoms with Crippen molar-refractivity contribution in [2.45, 2.75) is 42.2 Å². The molecule has 2 aromatic rings. The zero-order valence-corrected chi connectivity index (χ0v) is 17.8. The van der Waals surface area contributed by atoms with Crippen LogP contribution in [0.15, 0.2) is 70.0 Å². The molecule has 5 rings (SSSR count). The molecule has 1 saturated carbocycles. The maximum atomic E-state index is 2.79. The molecular formula is C24H27Zr. The van der Waals surface area contributed by atoms with Crippen molar-refractivity contribution in [1.82, 2.24) is 0 Å². The van der Waals surface area contributed by atoms with Crippen LogP contribution in [-0.4, -0.2) is 0 Å². The van der Waals surface area contributed by atoms with Crippen molar-refractivity contribution in [2.24, 2.45) is 0 Å². The van der Waals surface area contributed by atoms with Gasteiger partial charge in [-0.25, -0.2) is 0 Å². The molecule has 0 spiro atoms. The van der Waals surface area contributed by atoms with Crippen LogP contribution in [0.25, 0.3) is 11.1 Å². The van der Waals surface area contributed by atoms with Gasteiger partial charge in [-0.15, -0.1) is 0 Å². The van der Waals surface area contributed by atoms with Crippen LogP contribution in [0, 0.1) is 0 Å². The molecule has 0 nitrogen and oxygen atoms in total. The van der Waals surface area contributed by atoms with E-state index in [0.29, 0.717) is 3.63 Å². The van der Waals surface area contributed by atoms with Crippen LogP contribution in [-0.2, 0) is 18.8 Å². The minimum atomic E-state index is -3.24. The Bertz CT molecular complexity index is 866. The Balaban J connectivity index is 1.80. The summed E-state index contributed by atoms with van der Waals surface area (Å²) in [5.41, 5.74) is 6.24. The second-order valence-corrected chi connectivity index (χ2v) is 27.0. The zero-order valence-electron chi connectivity index (χ0n) is 15.3. The van der Waals surface area contributed by atoms with Crippen molar-refractivity contribution >= 4 is 0 Å². The second-order valence-electron chi connectivity index (χ2n) is 9.17. The molecule has 0 amide bonds. The van der Waals surface area contributed by atoms with Crippen molar-refractivity contribution in [2.75, 3.05) is 0 Å². The van der Waals surface area contributed by atoms with Crippen molar-refractivity contribution in [1.29, 1.82) is 0 Å². The topological polar surface area (TPSA) is 0 Å². The summed E-state index contributed by atoms with van der Waals surface area (Å²) in [4.78, 5) is 0. The summed E-state index contributed by atoms with van der Waals surface area (Å²) in [5, 5.41) is 0. The van der Waals surface area contributed by atoms with Gasteiger partial charge in [-0.2, -0.15) is 0 Å². The van der Waals surface area contributed by atoms with Crippen molar-refractivity contribution in [3.63, 3.8) is 0 Å². The summed E-state index contributed by atoms with van der Waals surface area (Å²) in [6.07, 6.45) is 12.8. The second kappa shape index (κ2) is 5.40. The molecule has 0 atom stereocenters. The Morgan fingerprint density at radius 2 is 1.44 bits per heavy atom. The number of allylic oxidation sites excluding steroid dienone is 4. The third-order valence-corrected chi connectivity index (χ3v) is 27.3. The molecule has 3 aliphatic rings. The standard InChI is InChI=1S/C13H9.C5H5.C4H7.2CH3.Zr/c1-3-7-12-10(5-1)9-11-6-2-4-8-13(11)12;1-2-4-5-3-1;1-2-4-3-1;;;/h1-9H;1-3H,4H2;1H,2-4H2;2*1H3;. The van der Waals surface area contributed by atoms with Crippen LogP contribution in [0.5, 0.6) is 0 Å². The van der Waals surface area contributed by atoms with Crippen LogP contribution in [0.2, 0.25) is 12.9 Å². The number of benzene rings is 2. The van der Waals surface area contributed by atoms with Gasteiger partial charge in [-0.3, -0.25) is 0 Å². The Hall–Kier alpha value is -1.20. The summed E-state index contributed by atoms with van der Waals surface area (Å²) in [5.74, 6) is 0. The normalized spacial score (nSPS) is 21.2. The molecule has 25 heavy (non-hydrogen) atoms. The first-order valence-corrected chi connectivity index (χ1v) is 18.8. The number of rotatable bonds is 3. The number of hydrogen-bond donors (Lipinski definition) is 0. The molecule has 0 aromatic heterocycles. The molecule has 0 saturated heterocycles. The molecule has 0 bridgehead atoms. The fourth-order valence-corrected chi connectivity index (χ4v) is 24.2. The molecule has 1 heteroatoms. The molecule has 0 aliphatic heterocycles. The van der Waals surface area contributed by atoms with Gasteiger partial charge in [-0.1, -0.05) is 0 Å². The van der Waals surface area contributed by atoms with Crippen LogP contribution in [0.1, 0.15) is 40.4 Å². The Kier molecular flexibility index (Phi) is 3.46. The van der Waals surface area contributed by atoms with Crippen molar-refractivity contribution in [3.8, 4) is 11.1 Å². The molecule has 3 aliphatic carbocycles. The fourth-order valence-electron chi connectivity index (χ4n) is 6.12. The first-order chi connectivity index (χ1) is 12.1. The van der Waals surface area contributed by atoms with Gasteiger partial charge in [0.1, 0.15) is 0 Å². The van der Waals surface area contributed by atoms with E-state index in [1.165, 1.54) is 36.8 Å². The van der Waals surface area contributed by atoms with Gasteiger partial charge in [0.2, 0.25) is 0 Å². The van der Waals surface area contributed by atoms with E-state index in [9.17, 15) is 0 Å². The van der Waals surface area contributed by atoms with Crippen LogP contribution in [0.4, 0.5) is 0 Å². The van der Waals surface area contributed by atoms with E-state index in [0.717, 1.165) is 3.63 Å².